The van der Waals surface area contributed by atoms with Crippen LogP contribution in [0.2, 0.25) is 0 Å². The minimum Gasteiger partial charge on any atom is -0.382 e. The molecule has 15 heavy (non-hydrogen) atoms. The van der Waals surface area contributed by atoms with Gasteiger partial charge in [0.25, 0.3) is 0 Å². The van der Waals surface area contributed by atoms with Crippen LogP contribution in [0.1, 0.15) is 16.8 Å². The van der Waals surface area contributed by atoms with Crippen LogP contribution >= 0.6 is 0 Å². The first kappa shape index (κ1) is 9.71. The van der Waals surface area contributed by atoms with Gasteiger partial charge in [-0.2, -0.15) is 5.10 Å². The van der Waals surface area contributed by atoms with E-state index in [1.807, 2.05) is 43.1 Å². The molecule has 0 bridgehead atoms. The molecular formula is C11H14N4. The van der Waals surface area contributed by atoms with Crippen molar-refractivity contribution in [3.63, 3.8) is 0 Å². The number of nitrogens with zero attached hydrogens (tertiary/aromatic N) is 3. The predicted molar refractivity (Wildman–Crippen MR) is 59.5 cm³/mol. The maximum atomic E-state index is 5.68. The van der Waals surface area contributed by atoms with E-state index >= 15 is 0 Å². The highest BCUT2D eigenvalue weighted by Gasteiger charge is 2.01. The number of rotatable bonds is 2. The summed E-state index contributed by atoms with van der Waals surface area (Å²) in [6, 6.07) is 4.04. The first-order chi connectivity index (χ1) is 7.15. The molecule has 0 saturated heterocycles. The molecule has 0 aromatic carbocycles. The summed E-state index contributed by atoms with van der Waals surface area (Å²) < 4.78 is 1.85. The van der Waals surface area contributed by atoms with Crippen molar-refractivity contribution < 1.29 is 0 Å². The zero-order chi connectivity index (χ0) is 10.8. The van der Waals surface area contributed by atoms with E-state index in [2.05, 4.69) is 10.1 Å². The van der Waals surface area contributed by atoms with Crippen molar-refractivity contribution in [2.24, 2.45) is 0 Å². The molecule has 0 unspecified atom stereocenters. The summed E-state index contributed by atoms with van der Waals surface area (Å²) in [5.41, 5.74) is 8.90. The Bertz CT molecular complexity index is 454. The molecule has 0 fully saturated rings. The molecule has 0 aliphatic heterocycles. The molecule has 4 nitrogen and oxygen atoms in total. The molecule has 0 aliphatic rings. The van der Waals surface area contributed by atoms with E-state index in [0.29, 0.717) is 5.82 Å². The van der Waals surface area contributed by atoms with Gasteiger partial charge in [0.2, 0.25) is 0 Å². The molecule has 0 amide bonds. The molecule has 4 heteroatoms. The summed E-state index contributed by atoms with van der Waals surface area (Å²) in [6.45, 7) is 4.67. The Balaban J connectivity index is 2.22. The Hall–Kier alpha value is -1.84. The minimum atomic E-state index is 0.598. The van der Waals surface area contributed by atoms with Gasteiger partial charge >= 0.3 is 0 Å². The minimum absolute atomic E-state index is 0.598. The molecule has 2 rings (SSSR count). The Labute approximate surface area is 88.8 Å². The van der Waals surface area contributed by atoms with E-state index in [-0.39, 0.29) is 0 Å². The monoisotopic (exact) mass is 202 g/mol. The number of hydrogen-bond donors (Lipinski definition) is 1. The summed E-state index contributed by atoms with van der Waals surface area (Å²) in [5, 5.41) is 4.21. The summed E-state index contributed by atoms with van der Waals surface area (Å²) in [6.07, 6.45) is 3.76. The van der Waals surface area contributed by atoms with Gasteiger partial charge in [-0.05, 0) is 31.5 Å². The Morgan fingerprint density at radius 1 is 1.40 bits per heavy atom. The lowest BCUT2D eigenvalue weighted by Gasteiger charge is -2.01. The SMILES string of the molecule is Cc1cc(Cn2cc(C)c(N)n2)ccn1. The predicted octanol–water partition coefficient (Wildman–Crippen LogP) is 1.53. The largest absolute Gasteiger partial charge is 0.382 e. The standard InChI is InChI=1S/C11H14N4/c1-8-6-15(14-11(8)12)7-10-3-4-13-9(2)5-10/h3-6H,7H2,1-2H3,(H2,12,14). The first-order valence-corrected chi connectivity index (χ1v) is 4.86. The second kappa shape index (κ2) is 3.73. The van der Waals surface area contributed by atoms with Crippen LogP contribution in [-0.4, -0.2) is 14.8 Å². The highest BCUT2D eigenvalue weighted by molar-refractivity contribution is 5.35. The number of aryl methyl sites for hydroxylation is 2. The first-order valence-electron chi connectivity index (χ1n) is 4.86. The molecule has 0 saturated carbocycles. The van der Waals surface area contributed by atoms with E-state index < -0.39 is 0 Å². The van der Waals surface area contributed by atoms with Crippen LogP contribution in [0, 0.1) is 13.8 Å². The van der Waals surface area contributed by atoms with Crippen LogP contribution in [0.3, 0.4) is 0 Å². The van der Waals surface area contributed by atoms with Crippen molar-refractivity contribution in [1.29, 1.82) is 0 Å². The third kappa shape index (κ3) is 2.15. The molecule has 0 atom stereocenters. The molecule has 2 N–H and O–H groups in total. The number of pyridine rings is 1. The van der Waals surface area contributed by atoms with Crippen molar-refractivity contribution in [2.45, 2.75) is 20.4 Å². The zero-order valence-electron chi connectivity index (χ0n) is 8.94. The maximum Gasteiger partial charge on any atom is 0.148 e. The summed E-state index contributed by atoms with van der Waals surface area (Å²) in [7, 11) is 0. The van der Waals surface area contributed by atoms with Gasteiger partial charge in [-0.1, -0.05) is 0 Å². The van der Waals surface area contributed by atoms with Crippen LogP contribution in [0.25, 0.3) is 0 Å². The molecule has 2 aromatic heterocycles. The number of nitrogen functional groups attached to an aromatic ring is 1. The second-order valence-corrected chi connectivity index (χ2v) is 3.70. The van der Waals surface area contributed by atoms with E-state index in [0.717, 1.165) is 17.8 Å². The quantitative estimate of drug-likeness (QED) is 0.803. The third-order valence-electron chi connectivity index (χ3n) is 2.29. The normalized spacial score (nSPS) is 10.5. The van der Waals surface area contributed by atoms with Crippen LogP contribution < -0.4 is 5.73 Å². The topological polar surface area (TPSA) is 56.7 Å². The van der Waals surface area contributed by atoms with Gasteiger partial charge in [0.1, 0.15) is 5.82 Å². The van der Waals surface area contributed by atoms with Crippen molar-refractivity contribution in [2.75, 3.05) is 5.73 Å². The van der Waals surface area contributed by atoms with E-state index in [9.17, 15) is 0 Å². The number of nitrogens with two attached hydrogens (primary N) is 1. The van der Waals surface area contributed by atoms with Crippen LogP contribution in [0.5, 0.6) is 0 Å². The summed E-state index contributed by atoms with van der Waals surface area (Å²) in [5.74, 6) is 0.598. The van der Waals surface area contributed by atoms with Gasteiger partial charge in [-0.25, -0.2) is 0 Å². The molecule has 2 aromatic rings. The van der Waals surface area contributed by atoms with Crippen LogP contribution in [0.15, 0.2) is 24.5 Å². The molecule has 0 spiro atoms. The van der Waals surface area contributed by atoms with Crippen molar-refractivity contribution >= 4 is 5.82 Å². The van der Waals surface area contributed by atoms with Gasteiger partial charge < -0.3 is 5.73 Å². The van der Waals surface area contributed by atoms with E-state index in [1.165, 1.54) is 5.56 Å². The fourth-order valence-electron chi connectivity index (χ4n) is 1.51. The van der Waals surface area contributed by atoms with Gasteiger partial charge in [0, 0.05) is 23.7 Å². The third-order valence-corrected chi connectivity index (χ3v) is 2.29. The Morgan fingerprint density at radius 2 is 2.20 bits per heavy atom. The Kier molecular flexibility index (Phi) is 2.41. The van der Waals surface area contributed by atoms with Gasteiger partial charge in [-0.15, -0.1) is 0 Å². The lowest BCUT2D eigenvalue weighted by molar-refractivity contribution is 0.688. The number of aromatic nitrogens is 3. The lowest BCUT2D eigenvalue weighted by Crippen LogP contribution is -2.01. The van der Waals surface area contributed by atoms with Crippen LogP contribution in [0.4, 0.5) is 5.82 Å². The average molecular weight is 202 g/mol. The fourth-order valence-corrected chi connectivity index (χ4v) is 1.51. The molecule has 0 aliphatic carbocycles. The van der Waals surface area contributed by atoms with Crippen molar-refractivity contribution in [1.82, 2.24) is 14.8 Å². The summed E-state index contributed by atoms with van der Waals surface area (Å²) in [4.78, 5) is 4.15. The lowest BCUT2D eigenvalue weighted by atomic mass is 10.2. The molecular weight excluding hydrogens is 188 g/mol. The van der Waals surface area contributed by atoms with Crippen molar-refractivity contribution in [3.8, 4) is 0 Å². The molecule has 0 radical (unpaired) electrons. The number of hydrogen-bond acceptors (Lipinski definition) is 3. The van der Waals surface area contributed by atoms with Crippen LogP contribution in [-0.2, 0) is 6.54 Å². The van der Waals surface area contributed by atoms with Gasteiger partial charge in [0.15, 0.2) is 0 Å². The maximum absolute atomic E-state index is 5.68. The van der Waals surface area contributed by atoms with E-state index in [4.69, 9.17) is 5.73 Å². The van der Waals surface area contributed by atoms with Gasteiger partial charge in [-0.3, -0.25) is 9.67 Å². The number of anilines is 1. The fraction of sp³-hybridized carbons (Fsp3) is 0.273. The van der Waals surface area contributed by atoms with Crippen molar-refractivity contribution in [3.05, 3.63) is 41.3 Å². The molecule has 2 heterocycles. The van der Waals surface area contributed by atoms with E-state index in [1.54, 1.807) is 0 Å². The smallest absolute Gasteiger partial charge is 0.148 e. The average Bonchev–Trinajstić information content (AvgIpc) is 2.45. The zero-order valence-corrected chi connectivity index (χ0v) is 8.94. The Morgan fingerprint density at radius 3 is 2.80 bits per heavy atom. The highest BCUT2D eigenvalue weighted by Crippen LogP contribution is 2.09. The summed E-state index contributed by atoms with van der Waals surface area (Å²) >= 11 is 0. The second-order valence-electron chi connectivity index (χ2n) is 3.70. The highest BCUT2D eigenvalue weighted by atomic mass is 15.3. The van der Waals surface area contributed by atoms with Gasteiger partial charge in [0.05, 0.1) is 6.54 Å². The molecule has 78 valence electrons.